The molecule has 1 heterocycles. The Kier molecular flexibility index (Phi) is 2.35. The van der Waals surface area contributed by atoms with E-state index in [1.54, 1.807) is 17.8 Å². The van der Waals surface area contributed by atoms with E-state index >= 15 is 0 Å². The zero-order valence-corrected chi connectivity index (χ0v) is 9.32. The Morgan fingerprint density at radius 1 is 1.20 bits per heavy atom. The maximum absolute atomic E-state index is 11.9. The van der Waals surface area contributed by atoms with Crippen LogP contribution in [-0.2, 0) is 7.05 Å². The molecule has 0 radical (unpaired) electrons. The first-order valence-corrected chi connectivity index (χ1v) is 5.19. The molecule has 0 aliphatic carbocycles. The molecule has 0 aliphatic heterocycles. The molecule has 0 saturated heterocycles. The Labute approximate surface area is 89.2 Å². The van der Waals surface area contributed by atoms with Crippen molar-refractivity contribution in [3.05, 3.63) is 46.4 Å². The third-order valence-corrected chi connectivity index (χ3v) is 2.77. The highest BCUT2D eigenvalue weighted by Gasteiger charge is 2.03. The molecule has 0 unspecified atom stereocenters. The Bertz CT molecular complexity index is 552. The van der Waals surface area contributed by atoms with Crippen LogP contribution in [0.1, 0.15) is 25.3 Å². The monoisotopic (exact) mass is 201 g/mol. The average Bonchev–Trinajstić information content (AvgIpc) is 2.23. The van der Waals surface area contributed by atoms with Gasteiger partial charge in [-0.2, -0.15) is 0 Å². The summed E-state index contributed by atoms with van der Waals surface area (Å²) in [6, 6.07) is 8.09. The zero-order valence-electron chi connectivity index (χ0n) is 9.32. The van der Waals surface area contributed by atoms with Crippen LogP contribution in [0.4, 0.5) is 0 Å². The van der Waals surface area contributed by atoms with Crippen molar-refractivity contribution in [3.63, 3.8) is 0 Å². The van der Waals surface area contributed by atoms with Crippen LogP contribution in [0.25, 0.3) is 10.8 Å². The fourth-order valence-electron chi connectivity index (χ4n) is 1.71. The van der Waals surface area contributed by atoms with Crippen LogP contribution in [0.5, 0.6) is 0 Å². The van der Waals surface area contributed by atoms with Gasteiger partial charge >= 0.3 is 0 Å². The van der Waals surface area contributed by atoms with Gasteiger partial charge in [0.05, 0.1) is 0 Å². The molecule has 78 valence electrons. The van der Waals surface area contributed by atoms with Gasteiger partial charge in [-0.25, -0.2) is 0 Å². The maximum Gasteiger partial charge on any atom is 0.258 e. The summed E-state index contributed by atoms with van der Waals surface area (Å²) in [5.74, 6) is 0.458. The molecule has 0 bridgehead atoms. The van der Waals surface area contributed by atoms with Gasteiger partial charge in [0.15, 0.2) is 0 Å². The number of benzene rings is 1. The molecule has 15 heavy (non-hydrogen) atoms. The van der Waals surface area contributed by atoms with E-state index in [-0.39, 0.29) is 5.56 Å². The van der Waals surface area contributed by atoms with E-state index < -0.39 is 0 Å². The van der Waals surface area contributed by atoms with Gasteiger partial charge in [0.2, 0.25) is 0 Å². The SMILES string of the molecule is CC(C)c1ccc2ccn(C)c(=O)c2c1. The summed E-state index contributed by atoms with van der Waals surface area (Å²) in [4.78, 5) is 11.9. The van der Waals surface area contributed by atoms with Gasteiger partial charge in [0, 0.05) is 18.6 Å². The highest BCUT2D eigenvalue weighted by atomic mass is 16.1. The topological polar surface area (TPSA) is 22.0 Å². The summed E-state index contributed by atoms with van der Waals surface area (Å²) in [7, 11) is 1.78. The first-order valence-electron chi connectivity index (χ1n) is 5.19. The number of rotatable bonds is 1. The van der Waals surface area contributed by atoms with E-state index in [2.05, 4.69) is 19.9 Å². The van der Waals surface area contributed by atoms with Crippen LogP contribution < -0.4 is 5.56 Å². The van der Waals surface area contributed by atoms with Gasteiger partial charge in [0.1, 0.15) is 0 Å². The Morgan fingerprint density at radius 2 is 1.93 bits per heavy atom. The first-order chi connectivity index (χ1) is 7.09. The van der Waals surface area contributed by atoms with Crippen molar-refractivity contribution in [2.24, 2.45) is 7.05 Å². The zero-order chi connectivity index (χ0) is 11.0. The highest BCUT2D eigenvalue weighted by molar-refractivity contribution is 5.82. The number of aryl methyl sites for hydroxylation is 1. The van der Waals surface area contributed by atoms with Crippen LogP contribution in [0, 0.1) is 0 Å². The molecule has 0 fully saturated rings. The van der Waals surface area contributed by atoms with Gasteiger partial charge < -0.3 is 4.57 Å². The van der Waals surface area contributed by atoms with E-state index in [1.165, 1.54) is 5.56 Å². The molecule has 2 nitrogen and oxygen atoms in total. The van der Waals surface area contributed by atoms with Crippen LogP contribution in [0.3, 0.4) is 0 Å². The molecular weight excluding hydrogens is 186 g/mol. The smallest absolute Gasteiger partial charge is 0.258 e. The fourth-order valence-corrected chi connectivity index (χ4v) is 1.71. The lowest BCUT2D eigenvalue weighted by molar-refractivity contribution is 0.860. The normalized spacial score (nSPS) is 11.2. The summed E-state index contributed by atoms with van der Waals surface area (Å²) in [6.07, 6.45) is 1.81. The molecule has 1 aromatic heterocycles. The second kappa shape index (κ2) is 3.54. The van der Waals surface area contributed by atoms with Crippen molar-refractivity contribution in [2.45, 2.75) is 19.8 Å². The third-order valence-electron chi connectivity index (χ3n) is 2.77. The summed E-state index contributed by atoms with van der Waals surface area (Å²) < 4.78 is 1.62. The van der Waals surface area contributed by atoms with E-state index in [9.17, 15) is 4.79 Å². The largest absolute Gasteiger partial charge is 0.318 e. The quantitative estimate of drug-likeness (QED) is 0.695. The Morgan fingerprint density at radius 3 is 2.60 bits per heavy atom. The summed E-state index contributed by atoms with van der Waals surface area (Å²) in [6.45, 7) is 4.27. The number of aromatic nitrogens is 1. The van der Waals surface area contributed by atoms with Crippen molar-refractivity contribution >= 4 is 10.8 Å². The minimum absolute atomic E-state index is 0.0787. The van der Waals surface area contributed by atoms with Crippen molar-refractivity contribution in [3.8, 4) is 0 Å². The van der Waals surface area contributed by atoms with Crippen LogP contribution in [0.2, 0.25) is 0 Å². The third kappa shape index (κ3) is 1.67. The molecule has 0 aliphatic rings. The van der Waals surface area contributed by atoms with E-state index in [0.717, 1.165) is 10.8 Å². The highest BCUT2D eigenvalue weighted by Crippen LogP contribution is 2.18. The Balaban J connectivity index is 2.80. The predicted octanol–water partition coefficient (Wildman–Crippen LogP) is 2.66. The molecule has 0 N–H and O–H groups in total. The van der Waals surface area contributed by atoms with Crippen molar-refractivity contribution in [1.29, 1.82) is 0 Å². The number of hydrogen-bond donors (Lipinski definition) is 0. The van der Waals surface area contributed by atoms with E-state index in [0.29, 0.717) is 5.92 Å². The van der Waals surface area contributed by atoms with E-state index in [1.807, 2.05) is 18.2 Å². The average molecular weight is 201 g/mol. The van der Waals surface area contributed by atoms with Gasteiger partial charge in [-0.1, -0.05) is 26.0 Å². The van der Waals surface area contributed by atoms with Gasteiger partial charge in [-0.05, 0) is 29.0 Å². The summed E-state index contributed by atoms with van der Waals surface area (Å²) in [5, 5.41) is 1.83. The van der Waals surface area contributed by atoms with Crippen molar-refractivity contribution in [1.82, 2.24) is 4.57 Å². The standard InChI is InChI=1S/C13H15NO/c1-9(2)11-5-4-10-6-7-14(3)13(15)12(10)8-11/h4-9H,1-3H3. The maximum atomic E-state index is 11.9. The predicted molar refractivity (Wildman–Crippen MR) is 63.3 cm³/mol. The molecular formula is C13H15NO. The lowest BCUT2D eigenvalue weighted by atomic mass is 10.0. The molecule has 2 rings (SSSR count). The van der Waals surface area contributed by atoms with Gasteiger partial charge in [0.25, 0.3) is 5.56 Å². The molecule has 0 saturated carbocycles. The second-order valence-electron chi connectivity index (χ2n) is 4.23. The van der Waals surface area contributed by atoms with Crippen LogP contribution in [0.15, 0.2) is 35.3 Å². The minimum atomic E-state index is 0.0787. The summed E-state index contributed by atoms with van der Waals surface area (Å²) >= 11 is 0. The number of fused-ring (bicyclic) bond motifs is 1. The number of hydrogen-bond acceptors (Lipinski definition) is 1. The van der Waals surface area contributed by atoms with Crippen molar-refractivity contribution < 1.29 is 0 Å². The first kappa shape index (κ1) is 9.97. The number of pyridine rings is 1. The van der Waals surface area contributed by atoms with Crippen LogP contribution in [-0.4, -0.2) is 4.57 Å². The molecule has 0 spiro atoms. The molecule has 0 amide bonds. The Hall–Kier alpha value is -1.57. The summed E-state index contributed by atoms with van der Waals surface area (Å²) in [5.41, 5.74) is 1.29. The lowest BCUT2D eigenvalue weighted by Crippen LogP contribution is -2.15. The minimum Gasteiger partial charge on any atom is -0.318 e. The number of nitrogens with zero attached hydrogens (tertiary/aromatic N) is 1. The van der Waals surface area contributed by atoms with Gasteiger partial charge in [-0.15, -0.1) is 0 Å². The fraction of sp³-hybridized carbons (Fsp3) is 0.308. The second-order valence-corrected chi connectivity index (χ2v) is 4.23. The molecule has 2 aromatic rings. The molecule has 1 aromatic carbocycles. The van der Waals surface area contributed by atoms with Crippen molar-refractivity contribution in [2.75, 3.05) is 0 Å². The molecule has 0 atom stereocenters. The van der Waals surface area contributed by atoms with E-state index in [4.69, 9.17) is 0 Å². The van der Waals surface area contributed by atoms with Crippen LogP contribution >= 0.6 is 0 Å². The van der Waals surface area contributed by atoms with Gasteiger partial charge in [-0.3, -0.25) is 4.79 Å². The lowest BCUT2D eigenvalue weighted by Gasteiger charge is -2.07. The molecule has 2 heteroatoms.